The van der Waals surface area contributed by atoms with Crippen molar-refractivity contribution in [1.82, 2.24) is 9.29 Å². The molecule has 0 aliphatic carbocycles. The Hall–Kier alpha value is -4.61. The lowest BCUT2D eigenvalue weighted by atomic mass is 9.83. The fraction of sp³-hybridized carbons (Fsp3) is 0.143. The Kier molecular flexibility index (Phi) is 5.89. The highest BCUT2D eigenvalue weighted by Crippen LogP contribution is 2.46. The number of aromatic nitrogens is 1. The fourth-order valence-electron chi connectivity index (χ4n) is 5.26. The van der Waals surface area contributed by atoms with Gasteiger partial charge in [-0.2, -0.15) is 4.31 Å². The van der Waals surface area contributed by atoms with Crippen molar-refractivity contribution in [3.05, 3.63) is 117 Å². The molecule has 0 saturated carbocycles. The molecule has 0 saturated heterocycles. The van der Waals surface area contributed by atoms with Crippen LogP contribution in [-0.4, -0.2) is 40.4 Å². The number of benzene rings is 3. The predicted molar refractivity (Wildman–Crippen MR) is 140 cm³/mol. The first kappa shape index (κ1) is 24.7. The molecule has 4 aromatic rings. The topological polar surface area (TPSA) is 140 Å². The van der Waals surface area contributed by atoms with Crippen molar-refractivity contribution in [2.45, 2.75) is 30.0 Å². The van der Waals surface area contributed by atoms with Gasteiger partial charge in [0, 0.05) is 34.3 Å². The number of non-ortho nitro benzene ring substituents is 1. The third kappa shape index (κ3) is 4.03. The number of rotatable bonds is 6. The van der Waals surface area contributed by atoms with Gasteiger partial charge < -0.3 is 9.72 Å². The molecular weight excluding hydrogens is 522 g/mol. The lowest BCUT2D eigenvalue weighted by Gasteiger charge is -2.42. The van der Waals surface area contributed by atoms with Gasteiger partial charge in [-0.05, 0) is 30.2 Å². The number of nitro benzene ring substituents is 1. The number of hydrogen-bond acceptors (Lipinski definition) is 7. The van der Waals surface area contributed by atoms with E-state index in [-0.39, 0.29) is 29.2 Å². The molecule has 0 radical (unpaired) electrons. The zero-order chi connectivity index (χ0) is 27.3. The van der Waals surface area contributed by atoms with Crippen LogP contribution >= 0.6 is 0 Å². The molecule has 0 fully saturated rings. The number of H-pyrrole nitrogens is 1. The molecule has 2 bridgehead atoms. The molecule has 10 nitrogen and oxygen atoms in total. The molecule has 2 aliphatic rings. The minimum absolute atomic E-state index is 0.0468. The van der Waals surface area contributed by atoms with Crippen LogP contribution in [-0.2, 0) is 26.2 Å². The summed E-state index contributed by atoms with van der Waals surface area (Å²) >= 11 is 0. The summed E-state index contributed by atoms with van der Waals surface area (Å²) in [7, 11) is -4.39. The van der Waals surface area contributed by atoms with Gasteiger partial charge in [-0.3, -0.25) is 14.9 Å². The highest BCUT2D eigenvalue weighted by Gasteiger charge is 2.53. The highest BCUT2D eigenvalue weighted by molar-refractivity contribution is 7.89. The second kappa shape index (κ2) is 9.29. The SMILES string of the molecule is O=C(OCc1ccccc1)C1=CC[C@H]2c3[nH]c4ccccc4c3C(=O)[C@@H]1N2S(=O)(=O)c1ccc([N+](=O)[O-])cc1. The number of aromatic amines is 1. The van der Waals surface area contributed by atoms with Crippen LogP contribution in [0, 0.1) is 10.1 Å². The molecule has 2 aliphatic heterocycles. The van der Waals surface area contributed by atoms with E-state index in [1.54, 1.807) is 54.6 Å². The van der Waals surface area contributed by atoms with Gasteiger partial charge in [0.25, 0.3) is 5.69 Å². The first-order valence-electron chi connectivity index (χ1n) is 12.1. The number of nitrogens with zero attached hydrogens (tertiary/aromatic N) is 2. The van der Waals surface area contributed by atoms with Crippen molar-refractivity contribution >= 4 is 38.4 Å². The van der Waals surface area contributed by atoms with Crippen LogP contribution in [0.15, 0.2) is 95.4 Å². The number of para-hydroxylation sites is 1. The van der Waals surface area contributed by atoms with Gasteiger partial charge in [-0.15, -0.1) is 0 Å². The molecule has 0 unspecified atom stereocenters. The zero-order valence-electron chi connectivity index (χ0n) is 20.3. The first-order chi connectivity index (χ1) is 18.8. The minimum Gasteiger partial charge on any atom is -0.457 e. The monoisotopic (exact) mass is 543 g/mol. The lowest BCUT2D eigenvalue weighted by Crippen LogP contribution is -2.54. The van der Waals surface area contributed by atoms with Gasteiger partial charge in [0.1, 0.15) is 12.6 Å². The average Bonchev–Trinajstić information content (AvgIpc) is 3.35. The second-order valence-corrected chi connectivity index (χ2v) is 11.1. The molecule has 6 rings (SSSR count). The average molecular weight is 544 g/mol. The number of fused-ring (bicyclic) bond motifs is 6. The molecule has 11 heteroatoms. The number of Topliss-reactive ketones (excluding diaryl/α,β-unsaturated/α-hetero) is 1. The van der Waals surface area contributed by atoms with E-state index in [1.165, 1.54) is 0 Å². The van der Waals surface area contributed by atoms with E-state index >= 15 is 0 Å². The Morgan fingerprint density at radius 1 is 1.03 bits per heavy atom. The van der Waals surface area contributed by atoms with Crippen molar-refractivity contribution in [3.63, 3.8) is 0 Å². The van der Waals surface area contributed by atoms with E-state index in [2.05, 4.69) is 4.98 Å². The standard InChI is InChI=1S/C28H21N3O7S/c32-27-24-20-8-4-5-9-22(20)29-25(24)23-15-14-21(28(33)38-16-17-6-2-1-3-7-17)26(27)30(23)39(36,37)19-12-10-18(11-13-19)31(34)35/h1-14,23,26,29H,15-16H2/t23-,26+/m0/s1. The molecule has 3 aromatic carbocycles. The van der Waals surface area contributed by atoms with E-state index in [0.29, 0.717) is 22.2 Å². The largest absolute Gasteiger partial charge is 0.457 e. The smallest absolute Gasteiger partial charge is 0.336 e. The summed E-state index contributed by atoms with van der Waals surface area (Å²) in [6.45, 7) is -0.0468. The molecule has 2 atom stereocenters. The lowest BCUT2D eigenvalue weighted by molar-refractivity contribution is -0.384. The van der Waals surface area contributed by atoms with Gasteiger partial charge in [0.05, 0.1) is 21.4 Å². The maximum absolute atomic E-state index is 14.1. The number of esters is 1. The Bertz CT molecular complexity index is 1780. The molecule has 0 spiro atoms. The summed E-state index contributed by atoms with van der Waals surface area (Å²) in [6, 6.07) is 18.3. The maximum Gasteiger partial charge on any atom is 0.336 e. The van der Waals surface area contributed by atoms with Gasteiger partial charge in [0.15, 0.2) is 5.78 Å². The number of hydrogen-bond donors (Lipinski definition) is 1. The number of ketones is 1. The second-order valence-electron chi connectivity index (χ2n) is 9.28. The van der Waals surface area contributed by atoms with Gasteiger partial charge >= 0.3 is 5.97 Å². The van der Waals surface area contributed by atoms with Crippen LogP contribution < -0.4 is 0 Å². The summed E-state index contributed by atoms with van der Waals surface area (Å²) < 4.78 is 34.6. The van der Waals surface area contributed by atoms with Crippen LogP contribution in [0.2, 0.25) is 0 Å². The summed E-state index contributed by atoms with van der Waals surface area (Å²) in [6.07, 6.45) is 1.68. The number of nitrogens with one attached hydrogen (secondary N) is 1. The number of carbonyl (C=O) groups excluding carboxylic acids is 2. The van der Waals surface area contributed by atoms with Crippen LogP contribution in [0.4, 0.5) is 5.69 Å². The van der Waals surface area contributed by atoms with E-state index in [9.17, 15) is 28.1 Å². The van der Waals surface area contributed by atoms with Gasteiger partial charge in [-0.1, -0.05) is 54.6 Å². The Balaban J connectivity index is 1.45. The molecule has 1 aromatic heterocycles. The number of sulfonamides is 1. The molecule has 196 valence electrons. The van der Waals surface area contributed by atoms with Crippen molar-refractivity contribution in [3.8, 4) is 0 Å². The summed E-state index contributed by atoms with van der Waals surface area (Å²) in [4.78, 5) is 40.8. The van der Waals surface area contributed by atoms with Crippen molar-refractivity contribution in [2.75, 3.05) is 0 Å². The van der Waals surface area contributed by atoms with Crippen molar-refractivity contribution in [2.24, 2.45) is 0 Å². The van der Waals surface area contributed by atoms with Crippen molar-refractivity contribution in [1.29, 1.82) is 0 Å². The van der Waals surface area contributed by atoms with Crippen LogP contribution in [0.25, 0.3) is 10.9 Å². The minimum atomic E-state index is -4.39. The summed E-state index contributed by atoms with van der Waals surface area (Å²) in [5, 5.41) is 11.7. The fourth-order valence-corrected chi connectivity index (χ4v) is 6.99. The molecule has 3 heterocycles. The Labute approximate surface area is 222 Å². The van der Waals surface area contributed by atoms with Gasteiger partial charge in [0.2, 0.25) is 10.0 Å². The zero-order valence-corrected chi connectivity index (χ0v) is 21.1. The maximum atomic E-state index is 14.1. The van der Waals surface area contributed by atoms with Gasteiger partial charge in [-0.25, -0.2) is 13.2 Å². The highest BCUT2D eigenvalue weighted by atomic mass is 32.2. The third-order valence-electron chi connectivity index (χ3n) is 7.05. The Morgan fingerprint density at radius 2 is 1.72 bits per heavy atom. The molecular formula is C28H21N3O7S. The molecule has 39 heavy (non-hydrogen) atoms. The molecule has 1 N–H and O–H groups in total. The van der Waals surface area contributed by atoms with Crippen molar-refractivity contribution < 1.29 is 27.7 Å². The quantitative estimate of drug-likeness (QED) is 0.215. The number of ether oxygens (including phenoxy) is 1. The van der Waals surface area contributed by atoms with E-state index in [1.807, 2.05) is 6.07 Å². The number of carbonyl (C=O) groups is 2. The van der Waals surface area contributed by atoms with E-state index < -0.39 is 38.8 Å². The first-order valence-corrected chi connectivity index (χ1v) is 13.6. The van der Waals surface area contributed by atoms with Crippen LogP contribution in [0.1, 0.15) is 34.1 Å². The van der Waals surface area contributed by atoms with Crippen LogP contribution in [0.5, 0.6) is 0 Å². The Morgan fingerprint density at radius 3 is 2.44 bits per heavy atom. The summed E-state index contributed by atoms with van der Waals surface area (Å²) in [5.41, 5.74) is 1.86. The predicted octanol–water partition coefficient (Wildman–Crippen LogP) is 4.45. The van der Waals surface area contributed by atoms with E-state index in [4.69, 9.17) is 4.74 Å². The van der Waals surface area contributed by atoms with E-state index in [0.717, 1.165) is 34.1 Å². The normalized spacial score (nSPS) is 18.9. The molecule has 0 amide bonds. The third-order valence-corrected chi connectivity index (χ3v) is 8.94. The summed E-state index contributed by atoms with van der Waals surface area (Å²) in [5.74, 6) is -1.34. The number of nitro groups is 1. The van der Waals surface area contributed by atoms with Crippen LogP contribution in [0.3, 0.4) is 0 Å².